The lowest BCUT2D eigenvalue weighted by molar-refractivity contribution is -0.133. The van der Waals surface area contributed by atoms with Crippen LogP contribution in [0.4, 0.5) is 0 Å². The van der Waals surface area contributed by atoms with Crippen LogP contribution >= 0.6 is 11.8 Å². The lowest BCUT2D eigenvalue weighted by Crippen LogP contribution is -2.62. The van der Waals surface area contributed by atoms with Crippen LogP contribution in [0.2, 0.25) is 0 Å². The number of nitrogens with one attached hydrogen (secondary N) is 4. The molecule has 0 bridgehead atoms. The summed E-state index contributed by atoms with van der Waals surface area (Å²) < 4.78 is 6.99. The smallest absolute Gasteiger partial charge is 0.243 e. The van der Waals surface area contributed by atoms with Crippen LogP contribution in [-0.4, -0.2) is 85.9 Å². The molecule has 1 aliphatic rings. The maximum absolute atomic E-state index is 14.2. The summed E-state index contributed by atoms with van der Waals surface area (Å²) in [4.78, 5) is 41.6. The standard InChI is InChI=1S/C39H49N7O6S/c1-39(2,3)35(43-31(48)22-53-38-45-41-23-46(38)4)37(51)42-29(19-24-11-7-6-8-12-24)34(49)33(40-21-25-15-17-27(52-5)18-16-25)36(50)44-32-28-14-10-9-13-26(28)20-30(32)47/h6-18,23,29-30,32-35,40,47,49H,19-22H2,1-5H3,(H,42,51)(H,43,48)(H,44,50)/t29-,30+,32-,33+,34-,35+/m0/s1. The minimum atomic E-state index is -1.45. The summed E-state index contributed by atoms with van der Waals surface area (Å²) in [5.41, 5.74) is 2.69. The Kier molecular flexibility index (Phi) is 13.3. The van der Waals surface area contributed by atoms with Gasteiger partial charge >= 0.3 is 0 Å². The van der Waals surface area contributed by atoms with E-state index < -0.39 is 53.6 Å². The van der Waals surface area contributed by atoms with Gasteiger partial charge in [0.2, 0.25) is 17.7 Å². The SMILES string of the molecule is COc1ccc(CN[C@@H](C(=O)N[C@H]2c3ccccc3C[C@H]2O)[C@@H](O)[C@H](Cc2ccccc2)NC(=O)[C@@H](NC(=O)CSc2nncn2C)C(C)(C)C)cc1. The van der Waals surface area contributed by atoms with E-state index in [9.17, 15) is 24.6 Å². The van der Waals surface area contributed by atoms with Gasteiger partial charge in [-0.25, -0.2) is 0 Å². The minimum Gasteiger partial charge on any atom is -0.497 e. The van der Waals surface area contributed by atoms with Crippen LogP contribution in [0, 0.1) is 5.41 Å². The number of aryl methyl sites for hydroxylation is 1. The summed E-state index contributed by atoms with van der Waals surface area (Å²) in [5, 5.41) is 43.6. The van der Waals surface area contributed by atoms with E-state index in [1.165, 1.54) is 18.1 Å². The van der Waals surface area contributed by atoms with Crippen molar-refractivity contribution in [1.82, 2.24) is 36.0 Å². The Bertz CT molecular complexity index is 1830. The minimum absolute atomic E-state index is 0.0101. The zero-order valence-corrected chi connectivity index (χ0v) is 31.5. The summed E-state index contributed by atoms with van der Waals surface area (Å²) in [6, 6.07) is 20.3. The molecule has 3 amide bonds. The molecule has 13 nitrogen and oxygen atoms in total. The second-order valence-corrected chi connectivity index (χ2v) is 15.3. The fourth-order valence-corrected chi connectivity index (χ4v) is 7.06. The van der Waals surface area contributed by atoms with Crippen molar-refractivity contribution in [1.29, 1.82) is 0 Å². The number of thioether (sulfide) groups is 1. The summed E-state index contributed by atoms with van der Waals surface area (Å²) >= 11 is 1.20. The molecule has 14 heteroatoms. The third-order valence-electron chi connectivity index (χ3n) is 9.28. The molecule has 3 aromatic carbocycles. The molecule has 0 unspecified atom stereocenters. The third kappa shape index (κ3) is 10.4. The predicted molar refractivity (Wildman–Crippen MR) is 202 cm³/mol. The van der Waals surface area contributed by atoms with Gasteiger partial charge in [-0.15, -0.1) is 10.2 Å². The van der Waals surface area contributed by atoms with E-state index in [1.807, 2.05) is 87.5 Å². The molecule has 0 radical (unpaired) electrons. The molecule has 0 fully saturated rings. The molecule has 1 aromatic heterocycles. The molecule has 0 aliphatic heterocycles. The summed E-state index contributed by atoms with van der Waals surface area (Å²) in [5.74, 6) is -0.738. The van der Waals surface area contributed by atoms with Crippen LogP contribution in [0.25, 0.3) is 0 Å². The number of methoxy groups -OCH3 is 1. The van der Waals surface area contributed by atoms with Gasteiger partial charge in [-0.3, -0.25) is 19.7 Å². The maximum atomic E-state index is 14.2. The first-order valence-electron chi connectivity index (χ1n) is 17.5. The van der Waals surface area contributed by atoms with Crippen LogP contribution in [0.3, 0.4) is 0 Å². The number of hydrogen-bond donors (Lipinski definition) is 6. The molecular weight excluding hydrogens is 695 g/mol. The number of carbonyl (C=O) groups excluding carboxylic acids is 3. The molecule has 282 valence electrons. The third-order valence-corrected chi connectivity index (χ3v) is 10.3. The number of ether oxygens (including phenoxy) is 1. The fourth-order valence-electron chi connectivity index (χ4n) is 6.37. The van der Waals surface area contributed by atoms with E-state index in [-0.39, 0.29) is 24.6 Å². The highest BCUT2D eigenvalue weighted by molar-refractivity contribution is 7.99. The molecule has 4 aromatic rings. The van der Waals surface area contributed by atoms with E-state index >= 15 is 0 Å². The van der Waals surface area contributed by atoms with Gasteiger partial charge in [0.15, 0.2) is 5.16 Å². The number of carbonyl (C=O) groups is 3. The van der Waals surface area contributed by atoms with Crippen molar-refractivity contribution in [2.75, 3.05) is 12.9 Å². The Morgan fingerprint density at radius 2 is 1.66 bits per heavy atom. The molecule has 53 heavy (non-hydrogen) atoms. The van der Waals surface area contributed by atoms with Gasteiger partial charge in [0.1, 0.15) is 24.2 Å². The highest BCUT2D eigenvalue weighted by Crippen LogP contribution is 2.31. The molecule has 6 atom stereocenters. The maximum Gasteiger partial charge on any atom is 0.243 e. The number of nitrogens with zero attached hydrogens (tertiary/aromatic N) is 3. The normalized spacial score (nSPS) is 17.6. The average molecular weight is 744 g/mol. The van der Waals surface area contributed by atoms with E-state index in [2.05, 4.69) is 31.5 Å². The van der Waals surface area contributed by atoms with Gasteiger partial charge in [0.05, 0.1) is 37.2 Å². The number of aliphatic hydroxyl groups is 2. The quantitative estimate of drug-likeness (QED) is 0.0935. The van der Waals surface area contributed by atoms with E-state index in [4.69, 9.17) is 4.74 Å². The van der Waals surface area contributed by atoms with Crippen molar-refractivity contribution in [3.8, 4) is 5.75 Å². The Labute approximate surface area is 314 Å². The van der Waals surface area contributed by atoms with Gasteiger partial charge in [0, 0.05) is 20.0 Å². The topological polar surface area (TPSA) is 180 Å². The number of aromatic nitrogens is 3. The second kappa shape index (κ2) is 17.8. The number of rotatable bonds is 16. The monoisotopic (exact) mass is 743 g/mol. The molecule has 0 saturated heterocycles. The molecule has 0 saturated carbocycles. The van der Waals surface area contributed by atoms with Crippen molar-refractivity contribution >= 4 is 29.5 Å². The van der Waals surface area contributed by atoms with Crippen molar-refractivity contribution in [2.45, 2.75) is 81.7 Å². The Hall–Kier alpha value is -4.76. The van der Waals surface area contributed by atoms with E-state index in [0.29, 0.717) is 17.3 Å². The first-order valence-corrected chi connectivity index (χ1v) is 18.5. The van der Waals surface area contributed by atoms with Gasteiger partial charge < -0.3 is 35.5 Å². The van der Waals surface area contributed by atoms with Crippen molar-refractivity contribution < 1.29 is 29.3 Å². The Balaban J connectivity index is 1.40. The number of hydrogen-bond acceptors (Lipinski definition) is 10. The Morgan fingerprint density at radius 1 is 0.962 bits per heavy atom. The fraction of sp³-hybridized carbons (Fsp3) is 0.410. The van der Waals surface area contributed by atoms with Crippen LogP contribution in [-0.2, 0) is 40.8 Å². The average Bonchev–Trinajstić information content (AvgIpc) is 3.70. The van der Waals surface area contributed by atoms with Crippen LogP contribution in [0.1, 0.15) is 49.1 Å². The van der Waals surface area contributed by atoms with Crippen LogP contribution in [0.5, 0.6) is 5.75 Å². The number of benzene rings is 3. The first-order chi connectivity index (χ1) is 25.3. The number of amides is 3. The van der Waals surface area contributed by atoms with E-state index in [1.54, 1.807) is 30.9 Å². The molecule has 6 N–H and O–H groups in total. The highest BCUT2D eigenvalue weighted by atomic mass is 32.2. The van der Waals surface area contributed by atoms with Crippen molar-refractivity contribution in [3.63, 3.8) is 0 Å². The lowest BCUT2D eigenvalue weighted by atomic mass is 9.85. The number of aliphatic hydroxyl groups excluding tert-OH is 2. The lowest BCUT2D eigenvalue weighted by Gasteiger charge is -2.35. The zero-order valence-electron chi connectivity index (χ0n) is 30.7. The van der Waals surface area contributed by atoms with E-state index in [0.717, 1.165) is 22.3 Å². The summed E-state index contributed by atoms with van der Waals surface area (Å²) in [7, 11) is 3.35. The number of fused-ring (bicyclic) bond motifs is 1. The Morgan fingerprint density at radius 3 is 2.32 bits per heavy atom. The van der Waals surface area contributed by atoms with Gasteiger partial charge in [-0.1, -0.05) is 99.3 Å². The molecule has 0 spiro atoms. The van der Waals surface area contributed by atoms with Gasteiger partial charge in [-0.05, 0) is 46.2 Å². The van der Waals surface area contributed by atoms with Crippen LogP contribution in [0.15, 0.2) is 90.3 Å². The largest absolute Gasteiger partial charge is 0.497 e. The summed E-state index contributed by atoms with van der Waals surface area (Å²) in [6.45, 7) is 5.73. The second-order valence-electron chi connectivity index (χ2n) is 14.3. The summed E-state index contributed by atoms with van der Waals surface area (Å²) in [6.07, 6.45) is -0.189. The van der Waals surface area contributed by atoms with Crippen molar-refractivity contribution in [3.05, 3.63) is 107 Å². The molecular formula is C39H49N7O6S. The van der Waals surface area contributed by atoms with Crippen molar-refractivity contribution in [2.24, 2.45) is 12.5 Å². The predicted octanol–water partition coefficient (Wildman–Crippen LogP) is 2.47. The zero-order chi connectivity index (χ0) is 38.1. The van der Waals surface area contributed by atoms with Crippen LogP contribution < -0.4 is 26.0 Å². The highest BCUT2D eigenvalue weighted by Gasteiger charge is 2.40. The molecule has 1 heterocycles. The molecule has 1 aliphatic carbocycles. The first kappa shape index (κ1) is 39.4. The van der Waals surface area contributed by atoms with Gasteiger partial charge in [0.25, 0.3) is 0 Å². The van der Waals surface area contributed by atoms with Gasteiger partial charge in [-0.2, -0.15) is 0 Å². The molecule has 5 rings (SSSR count).